The molecule has 1 aromatic rings. The van der Waals surface area contributed by atoms with Gasteiger partial charge in [-0.25, -0.2) is 4.98 Å². The number of Topliss-reactive ketones (excluding diaryl/α,β-unsaturated/α-hetero) is 1. The number of allylic oxidation sites excluding steroid dienone is 2. The van der Waals surface area contributed by atoms with E-state index in [4.69, 9.17) is 0 Å². The number of imidazole rings is 1. The number of amides is 1. The summed E-state index contributed by atoms with van der Waals surface area (Å²) in [6, 6.07) is 0. The van der Waals surface area contributed by atoms with Gasteiger partial charge in [-0.2, -0.15) is 0 Å². The van der Waals surface area contributed by atoms with E-state index in [1.54, 1.807) is 17.1 Å². The van der Waals surface area contributed by atoms with Crippen molar-refractivity contribution in [2.24, 2.45) is 57.8 Å². The topological polar surface area (TPSA) is 84.2 Å². The first-order valence-electron chi connectivity index (χ1n) is 16.2. The van der Waals surface area contributed by atoms with Gasteiger partial charge < -0.3 is 15.0 Å². The monoisotopic (exact) mass is 563 g/mol. The molecule has 5 aliphatic carbocycles. The normalized spacial score (nSPS) is 45.1. The number of nitrogens with one attached hydrogen (secondary N) is 1. The van der Waals surface area contributed by atoms with Crippen LogP contribution < -0.4 is 5.32 Å². The molecule has 2 N–H and O–H groups in total. The summed E-state index contributed by atoms with van der Waals surface area (Å²) in [4.78, 5) is 30.7. The van der Waals surface area contributed by atoms with Crippen LogP contribution in [0.15, 0.2) is 23.7 Å². The summed E-state index contributed by atoms with van der Waals surface area (Å²) < 4.78 is 1.71. The average molecular weight is 564 g/mol. The van der Waals surface area contributed by atoms with E-state index in [9.17, 15) is 14.7 Å². The Hall–Kier alpha value is -1.95. The molecule has 0 aromatic carbocycles. The molecule has 8 atom stereocenters. The minimum absolute atomic E-state index is 0.0422. The van der Waals surface area contributed by atoms with Crippen LogP contribution in [0, 0.1) is 50.7 Å². The van der Waals surface area contributed by atoms with Gasteiger partial charge >= 0.3 is 0 Å². The Bertz CT molecular complexity index is 1330. The number of carbonyl (C=O) groups excluding carboxylic acids is 2. The quantitative estimate of drug-likeness (QED) is 0.395. The minimum atomic E-state index is -1.28. The number of fused-ring (bicyclic) bond motifs is 7. The zero-order valence-electron chi connectivity index (χ0n) is 27.0. The summed E-state index contributed by atoms with van der Waals surface area (Å²) in [5.41, 5.74) is 1.87. The largest absolute Gasteiger partial charge is 0.370 e. The van der Waals surface area contributed by atoms with Crippen LogP contribution in [-0.2, 0) is 11.8 Å². The molecule has 0 saturated heterocycles. The van der Waals surface area contributed by atoms with Crippen LogP contribution in [0.1, 0.15) is 124 Å². The van der Waals surface area contributed by atoms with Gasteiger partial charge in [0.25, 0.3) is 5.91 Å². The maximum Gasteiger partial charge on any atom is 0.271 e. The highest BCUT2D eigenvalue weighted by Crippen LogP contribution is 2.77. The van der Waals surface area contributed by atoms with Crippen molar-refractivity contribution in [3.63, 3.8) is 0 Å². The molecule has 1 heterocycles. The summed E-state index contributed by atoms with van der Waals surface area (Å²) in [6.45, 7) is 18.9. The van der Waals surface area contributed by atoms with E-state index in [1.807, 2.05) is 7.05 Å². The summed E-state index contributed by atoms with van der Waals surface area (Å²) >= 11 is 0. The highest BCUT2D eigenvalue weighted by atomic mass is 16.3. The number of carbonyl (C=O) groups is 2. The van der Waals surface area contributed by atoms with Crippen LogP contribution in [0.3, 0.4) is 0 Å². The molecule has 6 rings (SSSR count). The lowest BCUT2D eigenvalue weighted by Gasteiger charge is -2.73. The second-order valence-corrected chi connectivity index (χ2v) is 16.7. The van der Waals surface area contributed by atoms with Crippen LogP contribution in [0.5, 0.6) is 0 Å². The maximum absolute atomic E-state index is 13.4. The van der Waals surface area contributed by atoms with Crippen molar-refractivity contribution in [1.29, 1.82) is 0 Å². The highest BCUT2D eigenvalue weighted by molar-refractivity contribution is 6.00. The van der Waals surface area contributed by atoms with E-state index in [0.717, 1.165) is 32.1 Å². The van der Waals surface area contributed by atoms with Crippen molar-refractivity contribution >= 4 is 11.7 Å². The van der Waals surface area contributed by atoms with E-state index in [2.05, 4.69) is 65.7 Å². The number of ketones is 1. The molecule has 6 nitrogen and oxygen atoms in total. The fourth-order valence-electron chi connectivity index (χ4n) is 11.9. The van der Waals surface area contributed by atoms with Gasteiger partial charge in [-0.3, -0.25) is 9.59 Å². The molecular weight excluding hydrogens is 510 g/mol. The zero-order valence-corrected chi connectivity index (χ0v) is 27.0. The molecule has 4 saturated carbocycles. The van der Waals surface area contributed by atoms with E-state index in [0.29, 0.717) is 48.0 Å². The standard InChI is InChI=1S/C35H53N3O3/c1-21(2)27-24(39)18-31(5)14-16-33(7)22(28(27)31)10-11-26-32(6)15-17-35(41,37-29(40)23-19-36-20-38(23)9)30(3,4)25(32)12-13-34(26,33)8/h19-22,25-26,41H,10-18H2,1-9H3,(H,37,40)/t22-,25+,26-,31+,32+,33-,34-,35+/m1/s1. The first-order valence-corrected chi connectivity index (χ1v) is 16.2. The van der Waals surface area contributed by atoms with Crippen molar-refractivity contribution in [2.75, 3.05) is 0 Å². The number of hydrogen-bond acceptors (Lipinski definition) is 4. The Kier molecular flexibility index (Phi) is 6.25. The Labute approximate surface area is 247 Å². The smallest absolute Gasteiger partial charge is 0.271 e. The van der Waals surface area contributed by atoms with Crippen LogP contribution in [0.2, 0.25) is 0 Å². The number of aromatic nitrogens is 2. The number of rotatable bonds is 3. The van der Waals surface area contributed by atoms with Crippen molar-refractivity contribution in [3.05, 3.63) is 29.4 Å². The number of aryl methyl sites for hydroxylation is 1. The highest BCUT2D eigenvalue weighted by Gasteiger charge is 2.71. The van der Waals surface area contributed by atoms with Crippen LogP contribution in [-0.4, -0.2) is 32.1 Å². The molecule has 0 radical (unpaired) electrons. The van der Waals surface area contributed by atoms with Crippen molar-refractivity contribution in [2.45, 2.75) is 119 Å². The van der Waals surface area contributed by atoms with Gasteiger partial charge in [-0.15, -0.1) is 0 Å². The number of aliphatic hydroxyl groups is 1. The molecule has 0 aliphatic heterocycles. The number of nitrogens with zero attached hydrogens (tertiary/aromatic N) is 2. The van der Waals surface area contributed by atoms with Gasteiger partial charge in [0.15, 0.2) is 5.78 Å². The molecule has 0 unspecified atom stereocenters. The Morgan fingerprint density at radius 2 is 1.68 bits per heavy atom. The van der Waals surface area contributed by atoms with Crippen LogP contribution >= 0.6 is 0 Å². The molecule has 41 heavy (non-hydrogen) atoms. The Balaban J connectivity index is 1.34. The van der Waals surface area contributed by atoms with E-state index < -0.39 is 11.1 Å². The SMILES string of the molecule is CC(C)C1=C2[C@H]3CC[C@@H]4[C@@]5(C)CC[C@@](O)(NC(=O)c6cncn6C)C(C)(C)[C@@H]5CC[C@@]4(C)[C@]3(C)CC[C@@]2(C)CC1=O. The lowest BCUT2D eigenvalue weighted by atomic mass is 9.32. The van der Waals surface area contributed by atoms with E-state index >= 15 is 0 Å². The summed E-state index contributed by atoms with van der Waals surface area (Å²) in [5.74, 6) is 1.77. The second-order valence-electron chi connectivity index (χ2n) is 16.7. The van der Waals surface area contributed by atoms with Crippen LogP contribution in [0.4, 0.5) is 0 Å². The third-order valence-corrected chi connectivity index (χ3v) is 14.4. The Morgan fingerprint density at radius 3 is 2.32 bits per heavy atom. The molecular formula is C35H53N3O3. The lowest BCUT2D eigenvalue weighted by molar-refractivity contribution is -0.256. The van der Waals surface area contributed by atoms with Crippen molar-refractivity contribution in [3.8, 4) is 0 Å². The molecule has 4 fully saturated rings. The van der Waals surface area contributed by atoms with Gasteiger partial charge in [0.1, 0.15) is 11.4 Å². The minimum Gasteiger partial charge on any atom is -0.370 e. The number of hydrogen-bond donors (Lipinski definition) is 2. The van der Waals surface area contributed by atoms with E-state index in [1.165, 1.54) is 24.0 Å². The van der Waals surface area contributed by atoms with Gasteiger partial charge in [-0.05, 0) is 102 Å². The Morgan fingerprint density at radius 1 is 0.976 bits per heavy atom. The van der Waals surface area contributed by atoms with E-state index in [-0.39, 0.29) is 27.6 Å². The van der Waals surface area contributed by atoms with Gasteiger partial charge in [0.2, 0.25) is 0 Å². The first-order chi connectivity index (χ1) is 19.0. The predicted octanol–water partition coefficient (Wildman–Crippen LogP) is 6.84. The molecule has 0 spiro atoms. The fourth-order valence-corrected chi connectivity index (χ4v) is 11.9. The zero-order chi connectivity index (χ0) is 30.0. The average Bonchev–Trinajstić information content (AvgIpc) is 3.42. The summed E-state index contributed by atoms with van der Waals surface area (Å²) in [5, 5.41) is 15.2. The molecule has 0 bridgehead atoms. The third kappa shape index (κ3) is 3.61. The van der Waals surface area contributed by atoms with Gasteiger partial charge in [-0.1, -0.05) is 61.0 Å². The van der Waals surface area contributed by atoms with Gasteiger partial charge in [0.05, 0.1) is 12.5 Å². The van der Waals surface area contributed by atoms with Crippen molar-refractivity contribution < 1.29 is 14.7 Å². The lowest BCUT2D eigenvalue weighted by Crippen LogP contribution is -2.71. The fraction of sp³-hybridized carbons (Fsp3) is 0.800. The predicted molar refractivity (Wildman–Crippen MR) is 161 cm³/mol. The third-order valence-electron chi connectivity index (χ3n) is 14.4. The second kappa shape index (κ2) is 8.80. The molecule has 1 aromatic heterocycles. The van der Waals surface area contributed by atoms with Crippen LogP contribution in [0.25, 0.3) is 0 Å². The molecule has 6 heteroatoms. The molecule has 5 aliphatic rings. The molecule has 226 valence electrons. The van der Waals surface area contributed by atoms with Crippen molar-refractivity contribution in [1.82, 2.24) is 14.9 Å². The first kappa shape index (κ1) is 29.1. The maximum atomic E-state index is 13.4. The van der Waals surface area contributed by atoms with Gasteiger partial charge in [0, 0.05) is 18.9 Å². The molecule has 1 amide bonds. The summed E-state index contributed by atoms with van der Waals surface area (Å²) in [7, 11) is 1.81. The summed E-state index contributed by atoms with van der Waals surface area (Å²) in [6.07, 6.45) is 12.2.